The fourth-order valence-electron chi connectivity index (χ4n) is 3.65. The number of nitro groups is 1. The standard InChI is InChI=1S/C26H24N2O7/c1-34-23(29)16-22(19-12-14-21(15-13-19)28(32)33)24(26(31)35-2)27-25(30)20-10-8-18(9-11-20)17-6-4-3-5-7-17/h3-15,22,24H,16H2,1-2H3,(H,27,30)/t22-,24-/m1/s1. The van der Waals surface area contributed by atoms with Gasteiger partial charge in [0, 0.05) is 23.6 Å². The Morgan fingerprint density at radius 3 is 2.00 bits per heavy atom. The van der Waals surface area contributed by atoms with E-state index in [1.807, 2.05) is 30.3 Å². The third kappa shape index (κ3) is 6.29. The van der Waals surface area contributed by atoms with Crippen LogP contribution in [-0.4, -0.2) is 43.0 Å². The van der Waals surface area contributed by atoms with Crippen LogP contribution in [0.5, 0.6) is 0 Å². The van der Waals surface area contributed by atoms with E-state index in [0.29, 0.717) is 11.1 Å². The van der Waals surface area contributed by atoms with E-state index >= 15 is 0 Å². The Morgan fingerprint density at radius 2 is 1.46 bits per heavy atom. The van der Waals surface area contributed by atoms with E-state index in [1.54, 1.807) is 24.3 Å². The van der Waals surface area contributed by atoms with Crippen LogP contribution in [0.3, 0.4) is 0 Å². The van der Waals surface area contributed by atoms with Crippen molar-refractivity contribution in [3.05, 3.63) is 100 Å². The third-order valence-corrected chi connectivity index (χ3v) is 5.54. The molecule has 0 spiro atoms. The minimum atomic E-state index is -1.25. The SMILES string of the molecule is COC(=O)C[C@H](c1ccc([N+](=O)[O-])cc1)[C@@H](NC(=O)c1ccc(-c2ccccc2)cc1)C(=O)OC. The average molecular weight is 476 g/mol. The fraction of sp³-hybridized carbons (Fsp3) is 0.192. The molecule has 0 bridgehead atoms. The zero-order chi connectivity index (χ0) is 25.4. The van der Waals surface area contributed by atoms with Gasteiger partial charge in [-0.3, -0.25) is 19.7 Å². The first kappa shape index (κ1) is 25.1. The van der Waals surface area contributed by atoms with Gasteiger partial charge in [0.05, 0.1) is 25.6 Å². The summed E-state index contributed by atoms with van der Waals surface area (Å²) in [6, 6.07) is 20.6. The van der Waals surface area contributed by atoms with Gasteiger partial charge in [-0.25, -0.2) is 4.79 Å². The number of nitrogens with one attached hydrogen (secondary N) is 1. The summed E-state index contributed by atoms with van der Waals surface area (Å²) in [5, 5.41) is 13.7. The van der Waals surface area contributed by atoms with Gasteiger partial charge >= 0.3 is 11.9 Å². The highest BCUT2D eigenvalue weighted by atomic mass is 16.6. The molecule has 3 aromatic rings. The van der Waals surface area contributed by atoms with Crippen molar-refractivity contribution in [2.24, 2.45) is 0 Å². The maximum absolute atomic E-state index is 13.0. The number of hydrogen-bond acceptors (Lipinski definition) is 7. The minimum absolute atomic E-state index is 0.150. The number of rotatable bonds is 9. The van der Waals surface area contributed by atoms with Crippen molar-refractivity contribution in [3.63, 3.8) is 0 Å². The topological polar surface area (TPSA) is 125 Å². The molecule has 0 aliphatic heterocycles. The number of methoxy groups -OCH3 is 2. The lowest BCUT2D eigenvalue weighted by Gasteiger charge is -2.26. The summed E-state index contributed by atoms with van der Waals surface area (Å²) >= 11 is 0. The second-order valence-electron chi connectivity index (χ2n) is 7.65. The van der Waals surface area contributed by atoms with Crippen molar-refractivity contribution in [3.8, 4) is 11.1 Å². The third-order valence-electron chi connectivity index (χ3n) is 5.54. The van der Waals surface area contributed by atoms with E-state index in [2.05, 4.69) is 5.32 Å². The average Bonchev–Trinajstić information content (AvgIpc) is 2.90. The molecule has 0 unspecified atom stereocenters. The van der Waals surface area contributed by atoms with Crippen molar-refractivity contribution in [2.75, 3.05) is 14.2 Å². The molecule has 0 saturated carbocycles. The number of carbonyl (C=O) groups is 3. The molecule has 0 fully saturated rings. The normalized spacial score (nSPS) is 12.2. The van der Waals surface area contributed by atoms with Crippen LogP contribution < -0.4 is 5.32 Å². The van der Waals surface area contributed by atoms with Gasteiger partial charge in [0.15, 0.2) is 0 Å². The van der Waals surface area contributed by atoms with Crippen LogP contribution in [0.4, 0.5) is 5.69 Å². The number of hydrogen-bond donors (Lipinski definition) is 1. The molecule has 0 aromatic heterocycles. The fourth-order valence-corrected chi connectivity index (χ4v) is 3.65. The Balaban J connectivity index is 1.89. The van der Waals surface area contributed by atoms with Gasteiger partial charge in [0.1, 0.15) is 6.04 Å². The van der Waals surface area contributed by atoms with E-state index in [4.69, 9.17) is 9.47 Å². The molecular weight excluding hydrogens is 452 g/mol. The van der Waals surface area contributed by atoms with Crippen LogP contribution in [0, 0.1) is 10.1 Å². The van der Waals surface area contributed by atoms with Crippen LogP contribution >= 0.6 is 0 Å². The summed E-state index contributed by atoms with van der Waals surface area (Å²) in [7, 11) is 2.37. The molecule has 3 rings (SSSR count). The Hall–Kier alpha value is -4.53. The van der Waals surface area contributed by atoms with Crippen molar-refractivity contribution < 1.29 is 28.8 Å². The Bertz CT molecular complexity index is 1190. The summed E-state index contributed by atoms with van der Waals surface area (Å²) in [6.45, 7) is 0. The van der Waals surface area contributed by atoms with E-state index in [1.165, 1.54) is 38.5 Å². The molecule has 180 valence electrons. The predicted molar refractivity (Wildman–Crippen MR) is 128 cm³/mol. The first-order valence-corrected chi connectivity index (χ1v) is 10.7. The van der Waals surface area contributed by atoms with Gasteiger partial charge in [-0.1, -0.05) is 54.6 Å². The Labute approximate surface area is 201 Å². The molecule has 9 nitrogen and oxygen atoms in total. The maximum Gasteiger partial charge on any atom is 0.329 e. The molecule has 0 saturated heterocycles. The molecule has 1 amide bonds. The molecule has 1 N–H and O–H groups in total. The number of non-ortho nitro benzene ring substituents is 1. The second kappa shape index (κ2) is 11.6. The summed E-state index contributed by atoms with van der Waals surface area (Å²) in [5.41, 5.74) is 2.49. The smallest absolute Gasteiger partial charge is 0.329 e. The van der Waals surface area contributed by atoms with Gasteiger partial charge in [-0.05, 0) is 28.8 Å². The Kier molecular flexibility index (Phi) is 8.29. The largest absolute Gasteiger partial charge is 0.469 e. The van der Waals surface area contributed by atoms with E-state index in [9.17, 15) is 24.5 Å². The van der Waals surface area contributed by atoms with Crippen LogP contribution in [0.1, 0.15) is 28.3 Å². The zero-order valence-electron chi connectivity index (χ0n) is 19.2. The minimum Gasteiger partial charge on any atom is -0.469 e. The molecule has 35 heavy (non-hydrogen) atoms. The lowest BCUT2D eigenvalue weighted by Crippen LogP contribution is -2.46. The Morgan fingerprint density at radius 1 is 0.857 bits per heavy atom. The molecule has 2 atom stereocenters. The lowest BCUT2D eigenvalue weighted by atomic mass is 9.88. The molecule has 0 aliphatic carbocycles. The van der Waals surface area contributed by atoms with Gasteiger partial charge in [-0.15, -0.1) is 0 Å². The number of carbonyl (C=O) groups excluding carboxylic acids is 3. The van der Waals surface area contributed by atoms with Crippen LogP contribution in [-0.2, 0) is 19.1 Å². The van der Waals surface area contributed by atoms with E-state index < -0.39 is 34.7 Å². The molecular formula is C26H24N2O7. The number of amides is 1. The predicted octanol–water partition coefficient (Wildman–Crippen LogP) is 3.88. The van der Waals surface area contributed by atoms with E-state index in [0.717, 1.165) is 11.1 Å². The van der Waals surface area contributed by atoms with Gasteiger partial charge in [0.25, 0.3) is 11.6 Å². The molecule has 0 radical (unpaired) electrons. The molecule has 3 aromatic carbocycles. The first-order chi connectivity index (χ1) is 16.8. The molecule has 0 heterocycles. The highest BCUT2D eigenvalue weighted by Gasteiger charge is 2.34. The number of nitro benzene ring substituents is 1. The number of ether oxygens (including phenoxy) is 2. The van der Waals surface area contributed by atoms with Gasteiger partial charge < -0.3 is 14.8 Å². The monoisotopic (exact) mass is 476 g/mol. The van der Waals surface area contributed by atoms with Crippen molar-refractivity contribution in [1.82, 2.24) is 5.32 Å². The van der Waals surface area contributed by atoms with Crippen molar-refractivity contribution >= 4 is 23.5 Å². The van der Waals surface area contributed by atoms with Crippen LogP contribution in [0.15, 0.2) is 78.9 Å². The first-order valence-electron chi connectivity index (χ1n) is 10.7. The number of nitrogens with zero attached hydrogens (tertiary/aromatic N) is 1. The number of benzene rings is 3. The van der Waals surface area contributed by atoms with Crippen LogP contribution in [0.2, 0.25) is 0 Å². The summed E-state index contributed by atoms with van der Waals surface area (Å²) < 4.78 is 9.65. The maximum atomic E-state index is 13.0. The molecule has 9 heteroatoms. The second-order valence-corrected chi connectivity index (χ2v) is 7.65. The lowest BCUT2D eigenvalue weighted by molar-refractivity contribution is -0.384. The summed E-state index contributed by atoms with van der Waals surface area (Å²) in [6.07, 6.45) is -0.263. The van der Waals surface area contributed by atoms with Crippen molar-refractivity contribution in [2.45, 2.75) is 18.4 Å². The highest BCUT2D eigenvalue weighted by Crippen LogP contribution is 2.28. The highest BCUT2D eigenvalue weighted by molar-refractivity contribution is 5.97. The summed E-state index contributed by atoms with van der Waals surface area (Å²) in [4.78, 5) is 48.3. The summed E-state index contributed by atoms with van der Waals surface area (Å²) in [5.74, 6) is -2.82. The van der Waals surface area contributed by atoms with Gasteiger partial charge in [-0.2, -0.15) is 0 Å². The van der Waals surface area contributed by atoms with Crippen LogP contribution in [0.25, 0.3) is 11.1 Å². The quantitative estimate of drug-likeness (QED) is 0.282. The number of esters is 2. The molecule has 0 aliphatic rings. The van der Waals surface area contributed by atoms with E-state index in [-0.39, 0.29) is 12.1 Å². The van der Waals surface area contributed by atoms with Crippen molar-refractivity contribution in [1.29, 1.82) is 0 Å². The zero-order valence-corrected chi connectivity index (χ0v) is 19.2. The van der Waals surface area contributed by atoms with Gasteiger partial charge in [0.2, 0.25) is 0 Å².